The predicted molar refractivity (Wildman–Crippen MR) is 93.1 cm³/mol. The van der Waals surface area contributed by atoms with E-state index < -0.39 is 5.82 Å². The molecule has 0 saturated carbocycles. The highest BCUT2D eigenvalue weighted by Gasteiger charge is 2.23. The molecule has 0 bridgehead atoms. The second kappa shape index (κ2) is 7.25. The molecule has 1 aromatic carbocycles. The van der Waals surface area contributed by atoms with Gasteiger partial charge in [0.1, 0.15) is 11.6 Å². The molecule has 1 saturated heterocycles. The molecule has 0 atom stereocenters. The summed E-state index contributed by atoms with van der Waals surface area (Å²) in [6.45, 7) is 6.84. The fraction of sp³-hybridized carbons (Fsp3) is 0.471. The number of anilines is 1. The fourth-order valence-corrected chi connectivity index (χ4v) is 3.57. The van der Waals surface area contributed by atoms with Gasteiger partial charge < -0.3 is 9.80 Å². The van der Waals surface area contributed by atoms with E-state index in [0.717, 1.165) is 23.9 Å². The highest BCUT2D eigenvalue weighted by atomic mass is 32.1. The van der Waals surface area contributed by atoms with Crippen molar-refractivity contribution in [2.45, 2.75) is 26.2 Å². The van der Waals surface area contributed by atoms with Crippen molar-refractivity contribution in [2.75, 3.05) is 31.1 Å². The molecule has 5 nitrogen and oxygen atoms in total. The Kier molecular flexibility index (Phi) is 5.08. The lowest BCUT2D eigenvalue weighted by Crippen LogP contribution is -2.35. The summed E-state index contributed by atoms with van der Waals surface area (Å²) in [5.41, 5.74) is 0.143. The van der Waals surface area contributed by atoms with Crippen LogP contribution >= 0.6 is 11.5 Å². The summed E-state index contributed by atoms with van der Waals surface area (Å²) in [6.07, 6.45) is 0.830. The number of hydrogen-bond acceptors (Lipinski definition) is 5. The number of rotatable bonds is 3. The van der Waals surface area contributed by atoms with Gasteiger partial charge in [-0.1, -0.05) is 26.0 Å². The van der Waals surface area contributed by atoms with E-state index in [9.17, 15) is 9.18 Å². The molecule has 0 spiro atoms. The third kappa shape index (κ3) is 3.56. The van der Waals surface area contributed by atoms with Crippen LogP contribution in [0, 0.1) is 5.82 Å². The minimum atomic E-state index is -0.464. The highest BCUT2D eigenvalue weighted by Crippen LogP contribution is 2.23. The second-order valence-corrected chi connectivity index (χ2v) is 6.93. The van der Waals surface area contributed by atoms with Crippen LogP contribution in [-0.2, 0) is 0 Å². The second-order valence-electron chi connectivity index (χ2n) is 6.20. The van der Waals surface area contributed by atoms with E-state index in [0.29, 0.717) is 25.6 Å². The molecule has 2 heterocycles. The molecule has 1 amide bonds. The van der Waals surface area contributed by atoms with Crippen LogP contribution in [0.5, 0.6) is 0 Å². The standard InChI is InChI=1S/C17H21FN4OS/c1-12(2)15-19-17(24-20-15)22-9-5-8-21(10-11-22)16(23)13-6-3-4-7-14(13)18/h3-4,6-7,12H,5,8-11H2,1-2H3. The first-order valence-electron chi connectivity index (χ1n) is 8.18. The molecule has 1 aliphatic rings. The van der Waals surface area contributed by atoms with Crippen molar-refractivity contribution >= 4 is 22.6 Å². The lowest BCUT2D eigenvalue weighted by molar-refractivity contribution is 0.0762. The van der Waals surface area contributed by atoms with Crippen LogP contribution in [0.4, 0.5) is 9.52 Å². The van der Waals surface area contributed by atoms with Crippen molar-refractivity contribution in [3.8, 4) is 0 Å². The first-order chi connectivity index (χ1) is 11.6. The summed E-state index contributed by atoms with van der Waals surface area (Å²) in [6, 6.07) is 6.15. The number of hydrogen-bond donors (Lipinski definition) is 0. The predicted octanol–water partition coefficient (Wildman–Crippen LogP) is 3.15. The van der Waals surface area contributed by atoms with Crippen LogP contribution < -0.4 is 4.90 Å². The van der Waals surface area contributed by atoms with Gasteiger partial charge in [0.2, 0.25) is 5.13 Å². The summed E-state index contributed by atoms with van der Waals surface area (Å²) in [5.74, 6) is 0.462. The maximum atomic E-state index is 13.8. The smallest absolute Gasteiger partial charge is 0.256 e. The van der Waals surface area contributed by atoms with Crippen molar-refractivity contribution < 1.29 is 9.18 Å². The van der Waals surface area contributed by atoms with E-state index in [-0.39, 0.29) is 11.5 Å². The Morgan fingerprint density at radius 1 is 1.21 bits per heavy atom. The molecule has 1 fully saturated rings. The van der Waals surface area contributed by atoms with Crippen LogP contribution in [-0.4, -0.2) is 46.3 Å². The monoisotopic (exact) mass is 348 g/mol. The van der Waals surface area contributed by atoms with Gasteiger partial charge in [0.15, 0.2) is 0 Å². The van der Waals surface area contributed by atoms with Crippen molar-refractivity contribution in [3.63, 3.8) is 0 Å². The number of amides is 1. The van der Waals surface area contributed by atoms with Crippen LogP contribution in [0.25, 0.3) is 0 Å². The van der Waals surface area contributed by atoms with Gasteiger partial charge in [-0.05, 0) is 18.6 Å². The zero-order chi connectivity index (χ0) is 17.1. The first kappa shape index (κ1) is 16.8. The van der Waals surface area contributed by atoms with Crippen molar-refractivity contribution in [2.24, 2.45) is 0 Å². The number of nitrogens with zero attached hydrogens (tertiary/aromatic N) is 4. The number of aromatic nitrogens is 2. The van der Waals surface area contributed by atoms with Crippen LogP contribution in [0.3, 0.4) is 0 Å². The van der Waals surface area contributed by atoms with Crippen LogP contribution in [0.15, 0.2) is 24.3 Å². The molecule has 2 aromatic rings. The third-order valence-corrected chi connectivity index (χ3v) is 4.90. The van der Waals surface area contributed by atoms with E-state index in [2.05, 4.69) is 28.1 Å². The van der Waals surface area contributed by atoms with Crippen molar-refractivity contribution in [3.05, 3.63) is 41.5 Å². The minimum absolute atomic E-state index is 0.143. The molecule has 0 N–H and O–H groups in total. The van der Waals surface area contributed by atoms with Gasteiger partial charge in [-0.15, -0.1) is 0 Å². The normalized spacial score (nSPS) is 15.7. The summed E-state index contributed by atoms with van der Waals surface area (Å²) >= 11 is 1.40. The topological polar surface area (TPSA) is 49.3 Å². The molecule has 7 heteroatoms. The van der Waals surface area contributed by atoms with Gasteiger partial charge in [0.05, 0.1) is 5.56 Å². The van der Waals surface area contributed by atoms with Crippen molar-refractivity contribution in [1.82, 2.24) is 14.3 Å². The molecule has 24 heavy (non-hydrogen) atoms. The van der Waals surface area contributed by atoms with E-state index >= 15 is 0 Å². The maximum absolute atomic E-state index is 13.8. The molecular formula is C17H21FN4OS. The van der Waals surface area contributed by atoms with Crippen LogP contribution in [0.2, 0.25) is 0 Å². The van der Waals surface area contributed by atoms with Gasteiger partial charge in [0, 0.05) is 43.6 Å². The Morgan fingerprint density at radius 3 is 2.71 bits per heavy atom. The summed E-state index contributed by atoms with van der Waals surface area (Å²) in [7, 11) is 0. The molecule has 0 unspecified atom stereocenters. The first-order valence-corrected chi connectivity index (χ1v) is 8.96. The fourth-order valence-electron chi connectivity index (χ4n) is 2.71. The molecule has 0 radical (unpaired) electrons. The molecule has 1 aliphatic heterocycles. The van der Waals surface area contributed by atoms with Crippen LogP contribution in [0.1, 0.15) is 42.4 Å². The zero-order valence-corrected chi connectivity index (χ0v) is 14.7. The number of carbonyl (C=O) groups is 1. The number of carbonyl (C=O) groups excluding carboxylic acids is 1. The average Bonchev–Trinajstić information content (AvgIpc) is 2.94. The van der Waals surface area contributed by atoms with E-state index in [1.165, 1.54) is 17.6 Å². The Labute approximate surface area is 145 Å². The average molecular weight is 348 g/mol. The SMILES string of the molecule is CC(C)c1nsc(N2CCCN(C(=O)c3ccccc3F)CC2)n1. The number of benzene rings is 1. The van der Waals surface area contributed by atoms with E-state index in [1.54, 1.807) is 23.1 Å². The Bertz CT molecular complexity index is 718. The number of halogens is 1. The molecular weight excluding hydrogens is 327 g/mol. The minimum Gasteiger partial charge on any atom is -0.345 e. The third-order valence-electron chi connectivity index (χ3n) is 4.11. The Morgan fingerprint density at radius 2 is 2.00 bits per heavy atom. The Hall–Kier alpha value is -2.02. The van der Waals surface area contributed by atoms with Gasteiger partial charge >= 0.3 is 0 Å². The molecule has 1 aromatic heterocycles. The summed E-state index contributed by atoms with van der Waals surface area (Å²) in [5, 5.41) is 0.902. The van der Waals surface area contributed by atoms with E-state index in [4.69, 9.17) is 0 Å². The zero-order valence-electron chi connectivity index (χ0n) is 13.9. The van der Waals surface area contributed by atoms with Gasteiger partial charge in [-0.25, -0.2) is 9.37 Å². The Balaban J connectivity index is 1.68. The quantitative estimate of drug-likeness (QED) is 0.855. The van der Waals surface area contributed by atoms with Crippen molar-refractivity contribution in [1.29, 1.82) is 0 Å². The summed E-state index contributed by atoms with van der Waals surface area (Å²) in [4.78, 5) is 21.0. The maximum Gasteiger partial charge on any atom is 0.256 e. The largest absolute Gasteiger partial charge is 0.345 e. The summed E-state index contributed by atoms with van der Waals surface area (Å²) < 4.78 is 18.2. The highest BCUT2D eigenvalue weighted by molar-refractivity contribution is 7.09. The lowest BCUT2D eigenvalue weighted by Gasteiger charge is -2.21. The van der Waals surface area contributed by atoms with Gasteiger partial charge in [0.25, 0.3) is 5.91 Å². The lowest BCUT2D eigenvalue weighted by atomic mass is 10.2. The van der Waals surface area contributed by atoms with Gasteiger partial charge in [-0.3, -0.25) is 4.79 Å². The van der Waals surface area contributed by atoms with Gasteiger partial charge in [-0.2, -0.15) is 4.37 Å². The van der Waals surface area contributed by atoms with E-state index in [1.807, 2.05) is 0 Å². The molecule has 3 rings (SSSR count). The molecule has 128 valence electrons. The molecule has 0 aliphatic carbocycles.